The fourth-order valence-corrected chi connectivity index (χ4v) is 3.97. The van der Waals surface area contributed by atoms with Gasteiger partial charge in [0.15, 0.2) is 0 Å². The van der Waals surface area contributed by atoms with Crippen molar-refractivity contribution in [2.24, 2.45) is 0 Å². The first-order chi connectivity index (χ1) is 13.1. The number of aromatic nitrogens is 2. The largest absolute Gasteiger partial charge is 0.481 e. The summed E-state index contributed by atoms with van der Waals surface area (Å²) in [4.78, 5) is 30.6. The van der Waals surface area contributed by atoms with Crippen molar-refractivity contribution in [2.75, 3.05) is 26.0 Å². The van der Waals surface area contributed by atoms with Crippen molar-refractivity contribution in [2.45, 2.75) is 37.6 Å². The molecule has 146 valence electrons. The third kappa shape index (κ3) is 4.81. The third-order valence-electron chi connectivity index (χ3n) is 4.82. The minimum Gasteiger partial charge on any atom is -0.481 e. The maximum Gasteiger partial charge on any atom is 0.305 e. The van der Waals surface area contributed by atoms with Crippen LogP contribution in [0.2, 0.25) is 0 Å². The average Bonchev–Trinajstić information content (AvgIpc) is 3.00. The molecular weight excluding hydrogens is 366 g/mol. The molecule has 0 saturated carbocycles. The zero-order valence-corrected chi connectivity index (χ0v) is 16.3. The minimum atomic E-state index is -0.893. The first kappa shape index (κ1) is 19.7. The summed E-state index contributed by atoms with van der Waals surface area (Å²) in [5.74, 6) is 0.626. The Kier molecular flexibility index (Phi) is 6.73. The number of para-hydroxylation sites is 2. The van der Waals surface area contributed by atoms with E-state index in [1.54, 1.807) is 16.7 Å². The van der Waals surface area contributed by atoms with E-state index >= 15 is 0 Å². The van der Waals surface area contributed by atoms with E-state index in [4.69, 9.17) is 9.84 Å². The van der Waals surface area contributed by atoms with Crippen LogP contribution < -0.4 is 0 Å². The standard InChI is InChI=1S/C19H25N3O4S/c1-27-13-17-20-15-4-2-3-5-16(15)22(17)12-18(23)21(9-6-19(24)25)14-7-10-26-11-8-14/h2-5,14H,6-13H2,1H3,(H,24,25). The lowest BCUT2D eigenvalue weighted by atomic mass is 10.1. The van der Waals surface area contributed by atoms with Crippen molar-refractivity contribution >= 4 is 34.7 Å². The van der Waals surface area contributed by atoms with E-state index in [1.807, 2.05) is 35.1 Å². The summed E-state index contributed by atoms with van der Waals surface area (Å²) < 4.78 is 7.36. The van der Waals surface area contributed by atoms with Gasteiger partial charge < -0.3 is 19.3 Å². The predicted molar refractivity (Wildman–Crippen MR) is 105 cm³/mol. The normalized spacial score (nSPS) is 15.1. The Labute approximate surface area is 162 Å². The van der Waals surface area contributed by atoms with Gasteiger partial charge in [-0.2, -0.15) is 11.8 Å². The van der Waals surface area contributed by atoms with E-state index in [0.29, 0.717) is 19.0 Å². The van der Waals surface area contributed by atoms with Gasteiger partial charge in [0.1, 0.15) is 12.4 Å². The molecule has 0 bridgehead atoms. The van der Waals surface area contributed by atoms with Crippen LogP contribution in [-0.4, -0.2) is 63.5 Å². The monoisotopic (exact) mass is 391 g/mol. The molecule has 0 radical (unpaired) electrons. The Morgan fingerprint density at radius 2 is 2.07 bits per heavy atom. The smallest absolute Gasteiger partial charge is 0.305 e. The van der Waals surface area contributed by atoms with Crippen LogP contribution in [-0.2, 0) is 26.6 Å². The SMILES string of the molecule is CSCc1nc2ccccc2n1CC(=O)N(CCC(=O)O)C1CCOCC1. The highest BCUT2D eigenvalue weighted by molar-refractivity contribution is 7.97. The molecule has 1 N–H and O–H groups in total. The molecule has 1 saturated heterocycles. The third-order valence-corrected chi connectivity index (χ3v) is 5.37. The number of carboxylic acid groups (broad SMARTS) is 1. The van der Waals surface area contributed by atoms with Crippen LogP contribution in [0.1, 0.15) is 25.1 Å². The van der Waals surface area contributed by atoms with Crippen molar-refractivity contribution in [1.82, 2.24) is 14.5 Å². The quantitative estimate of drug-likeness (QED) is 0.744. The summed E-state index contributed by atoms with van der Waals surface area (Å²) in [6.45, 7) is 1.61. The number of amides is 1. The van der Waals surface area contributed by atoms with Crippen molar-refractivity contribution in [3.8, 4) is 0 Å². The minimum absolute atomic E-state index is 0.0318. The first-order valence-corrected chi connectivity index (χ1v) is 10.5. The molecule has 0 unspecified atom stereocenters. The lowest BCUT2D eigenvalue weighted by Gasteiger charge is -2.34. The second-order valence-corrected chi connectivity index (χ2v) is 7.48. The average molecular weight is 391 g/mol. The number of imidazole rings is 1. The fraction of sp³-hybridized carbons (Fsp3) is 0.526. The number of benzene rings is 1. The van der Waals surface area contributed by atoms with Crippen LogP contribution in [0.4, 0.5) is 0 Å². The maximum absolute atomic E-state index is 13.2. The lowest BCUT2D eigenvalue weighted by molar-refractivity contribution is -0.140. The summed E-state index contributed by atoms with van der Waals surface area (Å²) in [6, 6.07) is 7.82. The maximum atomic E-state index is 13.2. The van der Waals surface area contributed by atoms with Crippen LogP contribution in [0.3, 0.4) is 0 Å². The van der Waals surface area contributed by atoms with Gasteiger partial charge >= 0.3 is 5.97 Å². The first-order valence-electron chi connectivity index (χ1n) is 9.12. The van der Waals surface area contributed by atoms with Crippen LogP contribution in [0.15, 0.2) is 24.3 Å². The van der Waals surface area contributed by atoms with Crippen LogP contribution in [0, 0.1) is 0 Å². The number of fused-ring (bicyclic) bond motifs is 1. The fourth-order valence-electron chi connectivity index (χ4n) is 3.49. The van der Waals surface area contributed by atoms with E-state index in [0.717, 1.165) is 29.7 Å². The highest BCUT2D eigenvalue weighted by Crippen LogP contribution is 2.21. The molecule has 2 heterocycles. The zero-order chi connectivity index (χ0) is 19.2. The van der Waals surface area contributed by atoms with Crippen molar-refractivity contribution < 1.29 is 19.4 Å². The topological polar surface area (TPSA) is 84.7 Å². The van der Waals surface area contributed by atoms with Gasteiger partial charge in [-0.1, -0.05) is 12.1 Å². The Morgan fingerprint density at radius 3 is 2.78 bits per heavy atom. The van der Waals surface area contributed by atoms with Crippen molar-refractivity contribution in [3.05, 3.63) is 30.1 Å². The molecule has 7 nitrogen and oxygen atoms in total. The van der Waals surface area contributed by atoms with Gasteiger partial charge in [-0.15, -0.1) is 0 Å². The van der Waals surface area contributed by atoms with Crippen molar-refractivity contribution in [3.63, 3.8) is 0 Å². The molecule has 1 aliphatic rings. The number of hydrogen-bond donors (Lipinski definition) is 1. The molecule has 0 atom stereocenters. The number of rotatable bonds is 8. The van der Waals surface area contributed by atoms with Gasteiger partial charge in [0, 0.05) is 25.8 Å². The molecule has 1 amide bonds. The molecule has 8 heteroatoms. The summed E-state index contributed by atoms with van der Waals surface area (Å²) in [5.41, 5.74) is 1.80. The number of carbonyl (C=O) groups excluding carboxylic acids is 1. The number of aliphatic carboxylic acids is 1. The summed E-state index contributed by atoms with van der Waals surface area (Å²) in [5, 5.41) is 9.07. The molecular formula is C19H25N3O4S. The van der Waals surface area contributed by atoms with Crippen LogP contribution in [0.5, 0.6) is 0 Å². The zero-order valence-electron chi connectivity index (χ0n) is 15.5. The molecule has 1 aliphatic heterocycles. The predicted octanol–water partition coefficient (Wildman–Crippen LogP) is 2.38. The van der Waals surface area contributed by atoms with Crippen LogP contribution >= 0.6 is 11.8 Å². The highest BCUT2D eigenvalue weighted by Gasteiger charge is 2.27. The second kappa shape index (κ2) is 9.23. The van der Waals surface area contributed by atoms with Gasteiger partial charge in [0.2, 0.25) is 5.91 Å². The molecule has 0 aliphatic carbocycles. The highest BCUT2D eigenvalue weighted by atomic mass is 32.2. The Morgan fingerprint density at radius 1 is 1.33 bits per heavy atom. The molecule has 3 rings (SSSR count). The Hall–Kier alpha value is -2.06. The summed E-state index contributed by atoms with van der Waals surface area (Å²) >= 11 is 1.66. The van der Waals surface area contributed by atoms with E-state index in [-0.39, 0.29) is 31.5 Å². The molecule has 1 fully saturated rings. The molecule has 2 aromatic rings. The Balaban J connectivity index is 1.84. The van der Waals surface area contributed by atoms with Gasteiger partial charge in [0.05, 0.1) is 23.2 Å². The van der Waals surface area contributed by atoms with Crippen LogP contribution in [0.25, 0.3) is 11.0 Å². The van der Waals surface area contributed by atoms with Gasteiger partial charge in [-0.05, 0) is 31.2 Å². The van der Waals surface area contributed by atoms with Gasteiger partial charge in [-0.25, -0.2) is 4.98 Å². The number of carbonyl (C=O) groups is 2. The molecule has 1 aromatic heterocycles. The van der Waals surface area contributed by atoms with Crippen molar-refractivity contribution in [1.29, 1.82) is 0 Å². The number of nitrogens with zero attached hydrogens (tertiary/aromatic N) is 3. The molecule has 1 aromatic carbocycles. The van der Waals surface area contributed by atoms with E-state index in [9.17, 15) is 9.59 Å². The summed E-state index contributed by atoms with van der Waals surface area (Å²) in [6.07, 6.45) is 3.44. The van der Waals surface area contributed by atoms with Gasteiger partial charge in [0.25, 0.3) is 0 Å². The van der Waals surface area contributed by atoms with E-state index < -0.39 is 5.97 Å². The lowest BCUT2D eigenvalue weighted by Crippen LogP contribution is -2.45. The number of thioether (sulfide) groups is 1. The summed E-state index contributed by atoms with van der Waals surface area (Å²) in [7, 11) is 0. The molecule has 27 heavy (non-hydrogen) atoms. The van der Waals surface area contributed by atoms with E-state index in [1.165, 1.54) is 0 Å². The molecule has 0 spiro atoms. The van der Waals surface area contributed by atoms with Gasteiger partial charge in [-0.3, -0.25) is 9.59 Å². The number of carboxylic acids is 1. The van der Waals surface area contributed by atoms with E-state index in [2.05, 4.69) is 4.98 Å². The number of ether oxygens (including phenoxy) is 1. The second-order valence-electron chi connectivity index (χ2n) is 6.61. The Bertz CT molecular complexity index is 801. The number of hydrogen-bond acceptors (Lipinski definition) is 5.